The molecule has 0 aliphatic heterocycles. The summed E-state index contributed by atoms with van der Waals surface area (Å²) in [4.78, 5) is 46.3. The highest BCUT2D eigenvalue weighted by molar-refractivity contribution is 7.90. The zero-order valence-corrected chi connectivity index (χ0v) is 24.9. The van der Waals surface area contributed by atoms with Gasteiger partial charge >= 0.3 is 5.97 Å². The lowest BCUT2D eigenvalue weighted by Gasteiger charge is -2.21. The van der Waals surface area contributed by atoms with Crippen LogP contribution in [0.2, 0.25) is 0 Å². The Balaban J connectivity index is 0.000000774. The van der Waals surface area contributed by atoms with Crippen molar-refractivity contribution in [3.63, 3.8) is 0 Å². The van der Waals surface area contributed by atoms with Crippen molar-refractivity contribution in [3.05, 3.63) is 35.4 Å². The van der Waals surface area contributed by atoms with Crippen molar-refractivity contribution in [2.45, 2.75) is 66.3 Å². The molecule has 3 amide bonds. The molecule has 0 aliphatic rings. The van der Waals surface area contributed by atoms with Gasteiger partial charge in [0, 0.05) is 45.5 Å². The quantitative estimate of drug-likeness (QED) is 0.205. The molecule has 0 aromatic heterocycles. The molecule has 1 aromatic carbocycles. The van der Waals surface area contributed by atoms with Crippen LogP contribution in [0.4, 0.5) is 0 Å². The number of rotatable bonds is 19. The minimum atomic E-state index is -3.74. The maximum Gasteiger partial charge on any atom is 0.305 e. The second-order valence-electron chi connectivity index (χ2n) is 8.82. The van der Waals surface area contributed by atoms with Crippen LogP contribution < -0.4 is 10.0 Å². The Hall–Kier alpha value is -3.03. The maximum absolute atomic E-state index is 11.7. The minimum absolute atomic E-state index is 0.0163. The summed E-state index contributed by atoms with van der Waals surface area (Å²) >= 11 is 0. The Morgan fingerprint density at radius 2 is 1.50 bits per heavy atom. The molecule has 0 fully saturated rings. The molecule has 0 aliphatic carbocycles. The summed E-state index contributed by atoms with van der Waals surface area (Å²) in [5.41, 5.74) is 2.19. The van der Waals surface area contributed by atoms with E-state index in [2.05, 4.69) is 5.32 Å². The molecule has 0 saturated carbocycles. The van der Waals surface area contributed by atoms with Crippen molar-refractivity contribution in [3.8, 4) is 0 Å². The van der Waals surface area contributed by atoms with Crippen molar-refractivity contribution in [1.82, 2.24) is 14.9 Å². The minimum Gasteiger partial charge on any atom is -0.481 e. The molecule has 3 N–H and O–H groups in total. The smallest absolute Gasteiger partial charge is 0.305 e. The Morgan fingerprint density at radius 3 is 2.05 bits per heavy atom. The van der Waals surface area contributed by atoms with Gasteiger partial charge in [-0.25, -0.2) is 8.42 Å². The topological polar surface area (TPSA) is 168 Å². The number of nitrogens with one attached hydrogen (secondary N) is 2. The van der Waals surface area contributed by atoms with E-state index in [1.807, 2.05) is 42.8 Å². The van der Waals surface area contributed by atoms with E-state index in [4.69, 9.17) is 14.6 Å². The first-order valence-corrected chi connectivity index (χ1v) is 15.1. The van der Waals surface area contributed by atoms with E-state index in [0.717, 1.165) is 17.5 Å². The van der Waals surface area contributed by atoms with Gasteiger partial charge in [-0.1, -0.05) is 50.6 Å². The number of carboxylic acid groups (broad SMARTS) is 1. The molecule has 0 bridgehead atoms. The Labute approximate surface area is 237 Å². The number of amides is 3. The zero-order valence-electron chi connectivity index (χ0n) is 24.1. The van der Waals surface area contributed by atoms with Crippen LogP contribution in [0.5, 0.6) is 0 Å². The van der Waals surface area contributed by atoms with Crippen LogP contribution in [0.3, 0.4) is 0 Å². The van der Waals surface area contributed by atoms with Crippen molar-refractivity contribution in [2.24, 2.45) is 0 Å². The molecule has 0 atom stereocenters. The monoisotopic (exact) mass is 587 g/mol. The average Bonchev–Trinajstić information content (AvgIpc) is 2.92. The van der Waals surface area contributed by atoms with E-state index in [-0.39, 0.29) is 31.7 Å². The summed E-state index contributed by atoms with van der Waals surface area (Å²) in [6.07, 6.45) is 1.21. The fourth-order valence-corrected chi connectivity index (χ4v) is 4.05. The normalized spacial score (nSPS) is 10.7. The van der Waals surface area contributed by atoms with E-state index < -0.39 is 33.6 Å². The van der Waals surface area contributed by atoms with Gasteiger partial charge in [-0.15, -0.1) is 0 Å². The summed E-state index contributed by atoms with van der Waals surface area (Å²) < 4.78 is 35.2. The lowest BCUT2D eigenvalue weighted by molar-refractivity contribution is -0.138. The number of aryl methyl sites for hydroxylation is 1. The van der Waals surface area contributed by atoms with E-state index in [9.17, 15) is 27.6 Å². The first-order valence-electron chi connectivity index (χ1n) is 13.4. The number of carbonyl (C=O) groups excluding carboxylic acids is 3. The van der Waals surface area contributed by atoms with Gasteiger partial charge in [-0.05, 0) is 18.9 Å². The predicted octanol–water partition coefficient (Wildman–Crippen LogP) is 2.00. The van der Waals surface area contributed by atoms with Gasteiger partial charge in [0.2, 0.25) is 27.7 Å². The zero-order chi connectivity index (χ0) is 30.4. The number of benzene rings is 1. The third-order valence-corrected chi connectivity index (χ3v) is 6.50. The number of hydrogen-bond acceptors (Lipinski definition) is 8. The van der Waals surface area contributed by atoms with E-state index in [1.54, 1.807) is 18.7 Å². The molecule has 0 heterocycles. The van der Waals surface area contributed by atoms with Crippen LogP contribution in [-0.4, -0.2) is 87.4 Å². The molecule has 1 rings (SSSR count). The average molecular weight is 588 g/mol. The Morgan fingerprint density at radius 1 is 0.875 bits per heavy atom. The number of hydrogen-bond donors (Lipinski definition) is 3. The molecule has 13 heteroatoms. The van der Waals surface area contributed by atoms with Crippen LogP contribution in [-0.2, 0) is 45.2 Å². The molecule has 1 aromatic rings. The Bertz CT molecular complexity index is 999. The third kappa shape index (κ3) is 20.0. The second-order valence-corrected chi connectivity index (χ2v) is 10.7. The number of carbonyl (C=O) groups is 4. The van der Waals surface area contributed by atoms with Crippen LogP contribution in [0.25, 0.3) is 0 Å². The lowest BCUT2D eigenvalue weighted by Crippen LogP contribution is -2.35. The van der Waals surface area contributed by atoms with Crippen LogP contribution in [0.15, 0.2) is 24.3 Å². The van der Waals surface area contributed by atoms with Gasteiger partial charge < -0.3 is 24.8 Å². The summed E-state index contributed by atoms with van der Waals surface area (Å²) in [7, 11) is -3.74. The van der Waals surface area contributed by atoms with Gasteiger partial charge in [-0.2, -0.15) is 0 Å². The highest BCUT2D eigenvalue weighted by Gasteiger charge is 2.15. The van der Waals surface area contributed by atoms with Crippen LogP contribution in [0, 0.1) is 6.92 Å². The van der Waals surface area contributed by atoms with Crippen molar-refractivity contribution in [1.29, 1.82) is 0 Å². The van der Waals surface area contributed by atoms with Crippen LogP contribution in [0.1, 0.15) is 64.0 Å². The third-order valence-electron chi connectivity index (χ3n) is 5.22. The van der Waals surface area contributed by atoms with Crippen molar-refractivity contribution in [2.75, 3.05) is 45.3 Å². The van der Waals surface area contributed by atoms with Crippen molar-refractivity contribution >= 4 is 33.7 Å². The first kappa shape index (κ1) is 37.0. The van der Waals surface area contributed by atoms with Gasteiger partial charge in [0.15, 0.2) is 0 Å². The summed E-state index contributed by atoms with van der Waals surface area (Å²) in [5, 5.41) is 11.2. The summed E-state index contributed by atoms with van der Waals surface area (Å²) in [6, 6.07) is 7.90. The van der Waals surface area contributed by atoms with E-state index >= 15 is 0 Å². The molecule has 40 heavy (non-hydrogen) atoms. The van der Waals surface area contributed by atoms with Gasteiger partial charge in [0.05, 0.1) is 32.0 Å². The SMILES string of the molecule is CCC(=O)N(CCC(=O)O)Cc1ccc(C)cc1.CCCOCCOCCNC(=O)CCS(=O)(=O)NC(=O)CC. The maximum atomic E-state index is 11.7. The summed E-state index contributed by atoms with van der Waals surface area (Å²) in [6.45, 7) is 10.4. The van der Waals surface area contributed by atoms with Crippen molar-refractivity contribution < 1.29 is 42.2 Å². The lowest BCUT2D eigenvalue weighted by atomic mass is 10.1. The molecular weight excluding hydrogens is 542 g/mol. The first-order chi connectivity index (χ1) is 18.9. The molecule has 0 saturated heterocycles. The predicted molar refractivity (Wildman–Crippen MR) is 151 cm³/mol. The number of carboxylic acids is 1. The number of nitrogens with zero attached hydrogens (tertiary/aromatic N) is 1. The molecule has 228 valence electrons. The number of sulfonamides is 1. The molecule has 0 radical (unpaired) electrons. The Kier molecular flexibility index (Phi) is 20.1. The largest absolute Gasteiger partial charge is 0.481 e. The van der Waals surface area contributed by atoms with Gasteiger partial charge in [0.25, 0.3) is 0 Å². The highest BCUT2D eigenvalue weighted by atomic mass is 32.2. The second kappa shape index (κ2) is 21.8. The van der Waals surface area contributed by atoms with Gasteiger partial charge in [0.1, 0.15) is 0 Å². The fourth-order valence-electron chi connectivity index (χ4n) is 3.00. The van der Waals surface area contributed by atoms with Crippen LogP contribution >= 0.6 is 0 Å². The molecular formula is C27H45N3O9S. The highest BCUT2D eigenvalue weighted by Crippen LogP contribution is 2.09. The molecule has 12 nitrogen and oxygen atoms in total. The van der Waals surface area contributed by atoms with Gasteiger partial charge in [-0.3, -0.25) is 23.9 Å². The summed E-state index contributed by atoms with van der Waals surface area (Å²) in [5.74, 6) is -2.31. The van der Waals surface area contributed by atoms with E-state index in [1.165, 1.54) is 0 Å². The number of aliphatic carboxylic acids is 1. The molecule has 0 spiro atoms. The van der Waals surface area contributed by atoms with E-state index in [0.29, 0.717) is 45.9 Å². The number of ether oxygens (including phenoxy) is 2. The fraction of sp³-hybridized carbons (Fsp3) is 0.630. The standard InChI is InChI=1S/C14H19NO3.C13H26N2O6S/c1-3-13(16)15(9-8-14(17)18)10-12-6-4-11(2)5-7-12;1-3-7-20-9-10-21-8-6-14-13(17)5-11-22(18,19)15-12(16)4-2/h4-7H,3,8-10H2,1-2H3,(H,17,18);3-11H2,1-2H3,(H,14,17)(H,15,16). The molecule has 0 unspecified atom stereocenters.